The van der Waals surface area contributed by atoms with Gasteiger partial charge in [-0.3, -0.25) is 14.2 Å². The van der Waals surface area contributed by atoms with Gasteiger partial charge in [0.1, 0.15) is 5.75 Å². The number of fused-ring (bicyclic) bond motifs is 1. The van der Waals surface area contributed by atoms with Gasteiger partial charge >= 0.3 is 0 Å². The zero-order chi connectivity index (χ0) is 29.1. The zero-order valence-corrected chi connectivity index (χ0v) is 23.5. The van der Waals surface area contributed by atoms with Gasteiger partial charge in [-0.05, 0) is 85.3 Å². The maximum Gasteiger partial charge on any atom is 0.264 e. The standard InChI is InChI=1S/C29H24ClN5O5S/c1-18-24(25-16-22(40-2)10-13-26(25)35(18)28(37)19-4-6-20(30)7-5-19)17-27(36)33-21-8-11-23(12-9-21)41(38,39)34-29-31-14-3-15-32-29/h3-16H,17H2,1-2H3,(H,33,36)(H,31,32,34). The van der Waals surface area contributed by atoms with Gasteiger partial charge in [-0.15, -0.1) is 0 Å². The SMILES string of the molecule is COc1ccc2c(c1)c(CC(=O)Nc1ccc(S(=O)(=O)Nc3ncccn3)cc1)c(C)n2C(=O)c1ccc(Cl)cc1. The predicted molar refractivity (Wildman–Crippen MR) is 156 cm³/mol. The fourth-order valence-corrected chi connectivity index (χ4v) is 5.49. The van der Waals surface area contributed by atoms with E-state index in [1.54, 1.807) is 67.1 Å². The highest BCUT2D eigenvalue weighted by atomic mass is 35.5. The van der Waals surface area contributed by atoms with Crippen molar-refractivity contribution in [3.63, 3.8) is 0 Å². The normalized spacial score (nSPS) is 11.3. The molecule has 12 heteroatoms. The number of sulfonamides is 1. The van der Waals surface area contributed by atoms with Gasteiger partial charge in [0.05, 0.1) is 23.9 Å². The van der Waals surface area contributed by atoms with Crippen molar-refractivity contribution in [2.75, 3.05) is 17.1 Å². The minimum Gasteiger partial charge on any atom is -0.497 e. The highest BCUT2D eigenvalue weighted by Crippen LogP contribution is 2.31. The fourth-order valence-electron chi connectivity index (χ4n) is 4.41. The van der Waals surface area contributed by atoms with Gasteiger partial charge in [0.2, 0.25) is 11.9 Å². The Labute approximate surface area is 241 Å². The molecule has 10 nitrogen and oxygen atoms in total. The maximum absolute atomic E-state index is 13.5. The van der Waals surface area contributed by atoms with Crippen molar-refractivity contribution >= 4 is 56.0 Å². The van der Waals surface area contributed by atoms with Crippen molar-refractivity contribution in [3.8, 4) is 5.75 Å². The number of amides is 1. The summed E-state index contributed by atoms with van der Waals surface area (Å²) in [6.45, 7) is 1.78. The van der Waals surface area contributed by atoms with E-state index in [4.69, 9.17) is 16.3 Å². The second-order valence-electron chi connectivity index (χ2n) is 9.02. The lowest BCUT2D eigenvalue weighted by atomic mass is 10.1. The first-order valence-corrected chi connectivity index (χ1v) is 14.2. The second kappa shape index (κ2) is 11.4. The van der Waals surface area contributed by atoms with Gasteiger partial charge in [-0.1, -0.05) is 11.6 Å². The van der Waals surface area contributed by atoms with Gasteiger partial charge in [-0.2, -0.15) is 0 Å². The van der Waals surface area contributed by atoms with Crippen LogP contribution in [0.25, 0.3) is 10.9 Å². The molecule has 5 aromatic rings. The summed E-state index contributed by atoms with van der Waals surface area (Å²) in [5.74, 6) is -0.0696. The third kappa shape index (κ3) is 5.91. The first-order chi connectivity index (χ1) is 19.7. The highest BCUT2D eigenvalue weighted by Gasteiger charge is 2.22. The van der Waals surface area contributed by atoms with E-state index in [2.05, 4.69) is 20.0 Å². The second-order valence-corrected chi connectivity index (χ2v) is 11.1. The van der Waals surface area contributed by atoms with Crippen molar-refractivity contribution < 1.29 is 22.7 Å². The summed E-state index contributed by atoms with van der Waals surface area (Å²) < 4.78 is 34.5. The number of carbonyl (C=O) groups is 2. The molecule has 2 heterocycles. The van der Waals surface area contributed by atoms with Gasteiger partial charge in [0.15, 0.2) is 0 Å². The van der Waals surface area contributed by atoms with E-state index in [-0.39, 0.29) is 29.1 Å². The summed E-state index contributed by atoms with van der Waals surface area (Å²) in [6, 6.07) is 19.2. The number of benzene rings is 3. The molecule has 0 aliphatic heterocycles. The highest BCUT2D eigenvalue weighted by molar-refractivity contribution is 7.92. The van der Waals surface area contributed by atoms with E-state index >= 15 is 0 Å². The van der Waals surface area contributed by atoms with Crippen molar-refractivity contribution in [2.45, 2.75) is 18.2 Å². The fraction of sp³-hybridized carbons (Fsp3) is 0.103. The van der Waals surface area contributed by atoms with Gasteiger partial charge in [0, 0.05) is 39.7 Å². The van der Waals surface area contributed by atoms with Crippen molar-refractivity contribution in [2.24, 2.45) is 0 Å². The number of rotatable bonds is 8. The van der Waals surface area contributed by atoms with Crippen LogP contribution in [0.4, 0.5) is 11.6 Å². The Hall–Kier alpha value is -4.74. The average molecular weight is 590 g/mol. The molecule has 0 bridgehead atoms. The van der Waals surface area contributed by atoms with Crippen LogP contribution in [0, 0.1) is 6.92 Å². The Kier molecular flexibility index (Phi) is 7.73. The largest absolute Gasteiger partial charge is 0.497 e. The molecular weight excluding hydrogens is 566 g/mol. The van der Waals surface area contributed by atoms with Crippen LogP contribution in [-0.4, -0.2) is 41.9 Å². The Morgan fingerprint density at radius 1 is 0.976 bits per heavy atom. The monoisotopic (exact) mass is 589 g/mol. The molecule has 0 spiro atoms. The summed E-state index contributed by atoms with van der Waals surface area (Å²) in [5, 5.41) is 4.02. The minimum absolute atomic E-state index is 0.0188. The van der Waals surface area contributed by atoms with Gasteiger partial charge < -0.3 is 10.1 Å². The number of methoxy groups -OCH3 is 1. The van der Waals surface area contributed by atoms with Gasteiger partial charge in [-0.25, -0.2) is 23.1 Å². The molecule has 0 aliphatic rings. The van der Waals surface area contributed by atoms with E-state index in [0.29, 0.717) is 44.2 Å². The number of anilines is 2. The van der Waals surface area contributed by atoms with Crippen LogP contribution in [0.1, 0.15) is 21.6 Å². The Bertz CT molecular complexity index is 1860. The minimum atomic E-state index is -3.92. The first-order valence-electron chi connectivity index (χ1n) is 12.3. The molecule has 0 atom stereocenters. The number of ether oxygens (including phenoxy) is 1. The Morgan fingerprint density at radius 3 is 2.32 bits per heavy atom. The number of carbonyl (C=O) groups excluding carboxylic acids is 2. The Balaban J connectivity index is 1.39. The van der Waals surface area contributed by atoms with Crippen molar-refractivity contribution in [3.05, 3.63) is 107 Å². The molecule has 5 rings (SSSR count). The molecule has 0 fully saturated rings. The van der Waals surface area contributed by atoms with Gasteiger partial charge in [0.25, 0.3) is 15.9 Å². The van der Waals surface area contributed by atoms with Crippen molar-refractivity contribution in [1.29, 1.82) is 0 Å². The van der Waals surface area contributed by atoms with Crippen LogP contribution >= 0.6 is 11.6 Å². The molecule has 0 radical (unpaired) electrons. The summed E-state index contributed by atoms with van der Waals surface area (Å²) in [7, 11) is -2.37. The van der Waals surface area contributed by atoms with E-state index in [1.807, 2.05) is 0 Å². The van der Waals surface area contributed by atoms with E-state index in [9.17, 15) is 18.0 Å². The molecule has 3 aromatic carbocycles. The third-order valence-electron chi connectivity index (χ3n) is 6.41. The quantitative estimate of drug-likeness (QED) is 0.258. The molecular formula is C29H24ClN5O5S. The van der Waals surface area contributed by atoms with E-state index < -0.39 is 10.0 Å². The molecule has 1 amide bonds. The molecule has 208 valence electrons. The Morgan fingerprint density at radius 2 is 1.66 bits per heavy atom. The van der Waals surface area contributed by atoms with Crippen LogP contribution in [0.2, 0.25) is 5.02 Å². The smallest absolute Gasteiger partial charge is 0.264 e. The summed E-state index contributed by atoms with van der Waals surface area (Å²) in [4.78, 5) is 34.3. The number of hydrogen-bond acceptors (Lipinski definition) is 7. The lowest BCUT2D eigenvalue weighted by molar-refractivity contribution is -0.115. The van der Waals surface area contributed by atoms with E-state index in [0.717, 1.165) is 0 Å². The molecule has 0 aliphatic carbocycles. The summed E-state index contributed by atoms with van der Waals surface area (Å²) >= 11 is 6.00. The maximum atomic E-state index is 13.5. The summed E-state index contributed by atoms with van der Waals surface area (Å²) in [6.07, 6.45) is 2.81. The lowest BCUT2D eigenvalue weighted by Gasteiger charge is -2.09. The molecule has 0 saturated carbocycles. The molecule has 0 unspecified atom stereocenters. The predicted octanol–water partition coefficient (Wildman–Crippen LogP) is 5.07. The molecule has 2 aromatic heterocycles. The molecule has 0 saturated heterocycles. The molecule has 41 heavy (non-hydrogen) atoms. The summed E-state index contributed by atoms with van der Waals surface area (Å²) in [5.41, 5.74) is 2.75. The van der Waals surface area contributed by atoms with Crippen molar-refractivity contribution in [1.82, 2.24) is 14.5 Å². The first kappa shape index (κ1) is 27.8. The number of nitrogens with zero attached hydrogens (tertiary/aromatic N) is 3. The lowest BCUT2D eigenvalue weighted by Crippen LogP contribution is -2.17. The zero-order valence-electron chi connectivity index (χ0n) is 22.0. The van der Waals surface area contributed by atoms with Crippen LogP contribution in [0.5, 0.6) is 5.75 Å². The average Bonchev–Trinajstić information content (AvgIpc) is 3.23. The van der Waals surface area contributed by atoms with Crippen LogP contribution in [0.3, 0.4) is 0 Å². The van der Waals surface area contributed by atoms with E-state index in [1.165, 1.54) is 36.7 Å². The molecule has 2 N–H and O–H groups in total. The van der Waals surface area contributed by atoms with Crippen LogP contribution < -0.4 is 14.8 Å². The van der Waals surface area contributed by atoms with Crippen LogP contribution in [0.15, 0.2) is 90.1 Å². The number of halogens is 1. The number of nitrogens with one attached hydrogen (secondary N) is 2. The third-order valence-corrected chi connectivity index (χ3v) is 8.01. The number of aromatic nitrogens is 3. The van der Waals surface area contributed by atoms with Crippen LogP contribution in [-0.2, 0) is 21.2 Å². The topological polar surface area (TPSA) is 132 Å². The number of hydrogen-bond donors (Lipinski definition) is 2.